The molecule has 6 nitrogen and oxygen atoms in total. The van der Waals surface area contributed by atoms with Gasteiger partial charge in [0, 0.05) is 13.1 Å². The number of aliphatic hydroxyl groups is 1. The predicted octanol–water partition coefficient (Wildman–Crippen LogP) is -0.106. The highest BCUT2D eigenvalue weighted by Crippen LogP contribution is 2.18. The predicted molar refractivity (Wildman–Crippen MR) is 45.3 cm³/mol. The van der Waals surface area contributed by atoms with Crippen LogP contribution >= 0.6 is 0 Å². The zero-order valence-corrected chi connectivity index (χ0v) is 7.76. The molecule has 2 atom stereocenters. The molecule has 1 radical (unpaired) electrons. The Morgan fingerprint density at radius 2 is 2.36 bits per heavy atom. The zero-order chi connectivity index (χ0) is 10.6. The van der Waals surface area contributed by atoms with Gasteiger partial charge in [-0.1, -0.05) is 0 Å². The van der Waals surface area contributed by atoms with E-state index in [4.69, 9.17) is 10.2 Å². The van der Waals surface area contributed by atoms with Gasteiger partial charge in [-0.25, -0.2) is 9.90 Å². The molecule has 1 aliphatic rings. The van der Waals surface area contributed by atoms with E-state index in [0.717, 1.165) is 6.42 Å². The molecule has 0 aromatic carbocycles. The second-order valence-corrected chi connectivity index (χ2v) is 3.30. The first-order chi connectivity index (χ1) is 6.63. The van der Waals surface area contributed by atoms with Gasteiger partial charge < -0.3 is 14.9 Å². The summed E-state index contributed by atoms with van der Waals surface area (Å²) in [5, 5.41) is 27.8. The molecule has 6 heteroatoms. The monoisotopic (exact) mass is 204 g/mol. The standard InChI is InChI=1S/C8H14NO5/c10-5-6(11)4-9-3-1-2-7(9)14-8(12)13/h6-7,11H,1-5H2,(H,12,13). The molecule has 0 saturated carbocycles. The fourth-order valence-electron chi connectivity index (χ4n) is 1.58. The number of aliphatic hydroxyl groups excluding tert-OH is 1. The van der Waals surface area contributed by atoms with Crippen LogP contribution in [0.15, 0.2) is 0 Å². The normalized spacial score (nSPS) is 24.9. The first-order valence-corrected chi connectivity index (χ1v) is 4.53. The number of likely N-dealkylation sites (tertiary alicyclic amines) is 1. The average molecular weight is 204 g/mol. The molecule has 0 bridgehead atoms. The Hall–Kier alpha value is -0.850. The lowest BCUT2D eigenvalue weighted by Gasteiger charge is -2.24. The van der Waals surface area contributed by atoms with Crippen molar-refractivity contribution in [3.8, 4) is 0 Å². The summed E-state index contributed by atoms with van der Waals surface area (Å²) in [5.74, 6) is 0. The molecule has 14 heavy (non-hydrogen) atoms. The van der Waals surface area contributed by atoms with Crippen LogP contribution in [-0.4, -0.2) is 53.3 Å². The minimum atomic E-state index is -1.32. The lowest BCUT2D eigenvalue weighted by Crippen LogP contribution is -2.39. The van der Waals surface area contributed by atoms with E-state index in [9.17, 15) is 9.90 Å². The van der Waals surface area contributed by atoms with Crippen molar-refractivity contribution >= 4 is 6.16 Å². The van der Waals surface area contributed by atoms with Crippen molar-refractivity contribution in [3.05, 3.63) is 0 Å². The van der Waals surface area contributed by atoms with E-state index >= 15 is 0 Å². The summed E-state index contributed by atoms with van der Waals surface area (Å²) < 4.78 is 4.60. The average Bonchev–Trinajstić information content (AvgIpc) is 2.52. The van der Waals surface area contributed by atoms with E-state index in [1.165, 1.54) is 0 Å². The smallest absolute Gasteiger partial charge is 0.450 e. The van der Waals surface area contributed by atoms with Crippen LogP contribution < -0.4 is 0 Å². The number of ether oxygens (including phenoxy) is 1. The topological polar surface area (TPSA) is 89.9 Å². The molecule has 2 unspecified atom stereocenters. The molecule has 0 aromatic heterocycles. The van der Waals surface area contributed by atoms with Gasteiger partial charge in [0.2, 0.25) is 0 Å². The van der Waals surface area contributed by atoms with Gasteiger partial charge in [0.1, 0.15) is 6.61 Å². The Bertz CT molecular complexity index is 198. The number of carbonyl (C=O) groups is 1. The number of hydrogen-bond donors (Lipinski definition) is 2. The molecule has 81 valence electrons. The van der Waals surface area contributed by atoms with Gasteiger partial charge in [-0.3, -0.25) is 4.90 Å². The molecule has 0 aromatic rings. The van der Waals surface area contributed by atoms with Crippen LogP contribution in [0.4, 0.5) is 4.79 Å². The van der Waals surface area contributed by atoms with E-state index in [0.29, 0.717) is 13.0 Å². The number of nitrogens with zero attached hydrogens (tertiary/aromatic N) is 1. The summed E-state index contributed by atoms with van der Waals surface area (Å²) in [4.78, 5) is 12.0. The van der Waals surface area contributed by atoms with Crippen molar-refractivity contribution in [2.75, 3.05) is 19.7 Å². The maximum Gasteiger partial charge on any atom is 0.507 e. The largest absolute Gasteiger partial charge is 0.507 e. The molecule has 0 aliphatic carbocycles. The maximum atomic E-state index is 10.3. The Morgan fingerprint density at radius 3 is 2.93 bits per heavy atom. The third-order valence-corrected chi connectivity index (χ3v) is 2.18. The summed E-state index contributed by atoms with van der Waals surface area (Å²) >= 11 is 0. The first-order valence-electron chi connectivity index (χ1n) is 4.53. The molecule has 0 spiro atoms. The Kier molecular flexibility index (Phi) is 4.12. The molecule has 2 N–H and O–H groups in total. The molecule has 1 saturated heterocycles. The highest BCUT2D eigenvalue weighted by atomic mass is 16.7. The Balaban J connectivity index is 2.38. The quantitative estimate of drug-likeness (QED) is 0.624. The molecule has 0 amide bonds. The molecule has 1 heterocycles. The summed E-state index contributed by atoms with van der Waals surface area (Å²) in [5.41, 5.74) is 0. The molecule has 1 aliphatic heterocycles. The van der Waals surface area contributed by atoms with E-state index in [1.54, 1.807) is 4.90 Å². The van der Waals surface area contributed by atoms with Gasteiger partial charge in [0.25, 0.3) is 0 Å². The van der Waals surface area contributed by atoms with Crippen molar-refractivity contribution in [2.24, 2.45) is 0 Å². The third kappa shape index (κ3) is 3.13. The van der Waals surface area contributed by atoms with Crippen molar-refractivity contribution in [1.82, 2.24) is 4.90 Å². The molecule has 1 fully saturated rings. The number of rotatable bonds is 4. The lowest BCUT2D eigenvalue weighted by atomic mass is 10.3. The van der Waals surface area contributed by atoms with Crippen LogP contribution in [0.5, 0.6) is 0 Å². The van der Waals surface area contributed by atoms with E-state index in [1.807, 2.05) is 0 Å². The highest BCUT2D eigenvalue weighted by molar-refractivity contribution is 5.57. The summed E-state index contributed by atoms with van der Waals surface area (Å²) in [6.45, 7) is 0.271. The first kappa shape index (κ1) is 11.2. The van der Waals surface area contributed by atoms with E-state index in [2.05, 4.69) is 4.74 Å². The van der Waals surface area contributed by atoms with Crippen molar-refractivity contribution < 1.29 is 24.9 Å². The van der Waals surface area contributed by atoms with E-state index < -0.39 is 25.1 Å². The second-order valence-electron chi connectivity index (χ2n) is 3.30. The second kappa shape index (κ2) is 5.14. The van der Waals surface area contributed by atoms with E-state index in [-0.39, 0.29) is 6.54 Å². The Labute approximate surface area is 81.7 Å². The van der Waals surface area contributed by atoms with Gasteiger partial charge >= 0.3 is 6.16 Å². The van der Waals surface area contributed by atoms with Crippen LogP contribution in [0.3, 0.4) is 0 Å². The lowest BCUT2D eigenvalue weighted by molar-refractivity contribution is -0.0411. The third-order valence-electron chi connectivity index (χ3n) is 2.18. The SMILES string of the molecule is [O]CC(O)CN1CCCC1OC(=O)O. The van der Waals surface area contributed by atoms with Crippen LogP contribution in [0.1, 0.15) is 12.8 Å². The van der Waals surface area contributed by atoms with Gasteiger partial charge in [-0.15, -0.1) is 0 Å². The highest BCUT2D eigenvalue weighted by Gasteiger charge is 2.29. The number of β-amino-alcohol motifs (C(OH)–C–C–N with tert-alkyl or cyclic N) is 1. The van der Waals surface area contributed by atoms with Crippen LogP contribution in [0.2, 0.25) is 0 Å². The van der Waals surface area contributed by atoms with Crippen molar-refractivity contribution in [3.63, 3.8) is 0 Å². The van der Waals surface area contributed by atoms with Gasteiger partial charge in [-0.05, 0) is 12.8 Å². The summed E-state index contributed by atoms with van der Waals surface area (Å²) in [7, 11) is 0. The van der Waals surface area contributed by atoms with Crippen molar-refractivity contribution in [1.29, 1.82) is 0 Å². The summed E-state index contributed by atoms with van der Waals surface area (Å²) in [6.07, 6.45) is -1.33. The zero-order valence-electron chi connectivity index (χ0n) is 7.76. The molecule has 1 rings (SSSR count). The molecular weight excluding hydrogens is 190 g/mol. The van der Waals surface area contributed by atoms with Gasteiger partial charge in [-0.2, -0.15) is 0 Å². The van der Waals surface area contributed by atoms with Gasteiger partial charge in [0.05, 0.1) is 6.10 Å². The van der Waals surface area contributed by atoms with Crippen LogP contribution in [0.25, 0.3) is 0 Å². The summed E-state index contributed by atoms with van der Waals surface area (Å²) in [6, 6.07) is 0. The van der Waals surface area contributed by atoms with Crippen molar-refractivity contribution in [2.45, 2.75) is 25.2 Å². The number of hydrogen-bond acceptors (Lipinski definition) is 4. The van der Waals surface area contributed by atoms with Crippen LogP contribution in [0, 0.1) is 0 Å². The van der Waals surface area contributed by atoms with Gasteiger partial charge in [0.15, 0.2) is 6.23 Å². The minimum Gasteiger partial charge on any atom is -0.450 e. The minimum absolute atomic E-state index is 0.182. The molecular formula is C8H14NO5. The maximum absolute atomic E-state index is 10.3. The Morgan fingerprint density at radius 1 is 1.64 bits per heavy atom. The van der Waals surface area contributed by atoms with Crippen LogP contribution in [-0.2, 0) is 9.84 Å². The fraction of sp³-hybridized carbons (Fsp3) is 0.875. The number of carboxylic acid groups (broad SMARTS) is 1. The fourth-order valence-corrected chi connectivity index (χ4v) is 1.58.